The highest BCUT2D eigenvalue weighted by Crippen LogP contribution is 2.21. The molecule has 1 aromatic carbocycles. The lowest BCUT2D eigenvalue weighted by atomic mass is 10.0. The second-order valence-corrected chi connectivity index (χ2v) is 6.82. The minimum absolute atomic E-state index is 0.0536. The highest BCUT2D eigenvalue weighted by atomic mass is 35.5. The van der Waals surface area contributed by atoms with Crippen LogP contribution in [0.5, 0.6) is 0 Å². The summed E-state index contributed by atoms with van der Waals surface area (Å²) < 4.78 is 5.22. The molecule has 2 aromatic heterocycles. The number of hydrogen-bond acceptors (Lipinski definition) is 5. The summed E-state index contributed by atoms with van der Waals surface area (Å²) in [7, 11) is 0. The Balaban J connectivity index is 1.55. The fraction of sp³-hybridized carbons (Fsp3) is 0.278. The van der Waals surface area contributed by atoms with E-state index in [0.717, 1.165) is 17.5 Å². The van der Waals surface area contributed by atoms with E-state index in [-0.39, 0.29) is 11.9 Å². The third kappa shape index (κ3) is 4.67. The summed E-state index contributed by atoms with van der Waals surface area (Å²) >= 11 is 7.60. The molecule has 7 heteroatoms. The molecule has 0 fully saturated rings. The van der Waals surface area contributed by atoms with E-state index in [1.807, 2.05) is 48.0 Å². The number of rotatable bonds is 7. The van der Waals surface area contributed by atoms with E-state index < -0.39 is 0 Å². The Labute approximate surface area is 155 Å². The molecule has 1 unspecified atom stereocenters. The number of halogens is 1. The van der Waals surface area contributed by atoms with Crippen LogP contribution in [-0.4, -0.2) is 16.0 Å². The van der Waals surface area contributed by atoms with E-state index in [1.54, 1.807) is 11.3 Å². The van der Waals surface area contributed by atoms with Crippen LogP contribution in [0.1, 0.15) is 37.3 Å². The van der Waals surface area contributed by atoms with Crippen LogP contribution in [0.4, 0.5) is 0 Å². The van der Waals surface area contributed by atoms with Crippen molar-refractivity contribution in [3.63, 3.8) is 0 Å². The lowest BCUT2D eigenvalue weighted by Gasteiger charge is -2.17. The molecule has 0 radical (unpaired) electrons. The van der Waals surface area contributed by atoms with Crippen LogP contribution in [0.2, 0.25) is 5.02 Å². The van der Waals surface area contributed by atoms with Crippen LogP contribution < -0.4 is 5.32 Å². The number of hydrogen-bond donors (Lipinski definition) is 1. The largest absolute Gasteiger partial charge is 0.349 e. The van der Waals surface area contributed by atoms with Crippen molar-refractivity contribution in [3.8, 4) is 11.4 Å². The van der Waals surface area contributed by atoms with Gasteiger partial charge in [0.1, 0.15) is 0 Å². The minimum Gasteiger partial charge on any atom is -0.349 e. The molecule has 2 heterocycles. The minimum atomic E-state index is -0.0600. The van der Waals surface area contributed by atoms with Gasteiger partial charge in [-0.2, -0.15) is 16.3 Å². The highest BCUT2D eigenvalue weighted by molar-refractivity contribution is 7.08. The smallest absolute Gasteiger partial charge is 0.227 e. The quantitative estimate of drug-likeness (QED) is 0.652. The van der Waals surface area contributed by atoms with Crippen molar-refractivity contribution in [1.82, 2.24) is 15.5 Å². The van der Waals surface area contributed by atoms with Crippen LogP contribution in [0, 0.1) is 0 Å². The normalized spacial score (nSPS) is 12.1. The van der Waals surface area contributed by atoms with Crippen LogP contribution in [0.15, 0.2) is 45.6 Å². The topological polar surface area (TPSA) is 68.0 Å². The van der Waals surface area contributed by atoms with E-state index in [0.29, 0.717) is 29.6 Å². The average Bonchev–Trinajstić information content (AvgIpc) is 3.29. The average molecular weight is 376 g/mol. The van der Waals surface area contributed by atoms with E-state index in [2.05, 4.69) is 15.5 Å². The second-order valence-electron chi connectivity index (χ2n) is 5.61. The molecule has 0 aliphatic heterocycles. The molecule has 3 rings (SSSR count). The van der Waals surface area contributed by atoms with Crippen LogP contribution in [0.25, 0.3) is 11.4 Å². The van der Waals surface area contributed by atoms with Gasteiger partial charge in [0.15, 0.2) is 0 Å². The molecule has 1 atom stereocenters. The Morgan fingerprint density at radius 2 is 2.28 bits per heavy atom. The summed E-state index contributed by atoms with van der Waals surface area (Å²) in [6.45, 7) is 2.02. The SMILES string of the molecule is CCC(NC(=O)CCc1nc(-c2ccsc2)no1)c1cccc(Cl)c1. The van der Waals surface area contributed by atoms with Gasteiger partial charge in [-0.3, -0.25) is 4.79 Å². The van der Waals surface area contributed by atoms with Gasteiger partial charge in [-0.05, 0) is 35.6 Å². The Morgan fingerprint density at radius 3 is 3.00 bits per heavy atom. The maximum absolute atomic E-state index is 12.2. The molecule has 5 nitrogen and oxygen atoms in total. The summed E-state index contributed by atoms with van der Waals surface area (Å²) in [6, 6.07) is 9.42. The highest BCUT2D eigenvalue weighted by Gasteiger charge is 2.15. The van der Waals surface area contributed by atoms with Gasteiger partial charge in [0.05, 0.1) is 6.04 Å². The zero-order valence-electron chi connectivity index (χ0n) is 13.7. The standard InChI is InChI=1S/C18H18ClN3O2S/c1-2-15(12-4-3-5-14(19)10-12)20-16(23)6-7-17-21-18(22-24-17)13-8-9-25-11-13/h3-5,8-11,15H,2,6-7H2,1H3,(H,20,23). The number of carbonyl (C=O) groups excluding carboxylic acids is 1. The Bertz CT molecular complexity index is 832. The summed E-state index contributed by atoms with van der Waals surface area (Å²) in [5.41, 5.74) is 1.93. The number of carbonyl (C=O) groups is 1. The van der Waals surface area contributed by atoms with Gasteiger partial charge in [-0.25, -0.2) is 0 Å². The number of thiophene rings is 1. The van der Waals surface area contributed by atoms with E-state index in [4.69, 9.17) is 16.1 Å². The fourth-order valence-electron chi connectivity index (χ4n) is 2.50. The van der Waals surface area contributed by atoms with Gasteiger partial charge in [-0.1, -0.05) is 35.8 Å². The number of benzene rings is 1. The number of amides is 1. The van der Waals surface area contributed by atoms with Gasteiger partial charge in [-0.15, -0.1) is 0 Å². The van der Waals surface area contributed by atoms with Gasteiger partial charge in [0.2, 0.25) is 17.6 Å². The summed E-state index contributed by atoms with van der Waals surface area (Å²) in [4.78, 5) is 16.6. The lowest BCUT2D eigenvalue weighted by molar-refractivity contribution is -0.121. The van der Waals surface area contributed by atoms with E-state index in [1.165, 1.54) is 0 Å². The first-order valence-corrected chi connectivity index (χ1v) is 9.37. The fourth-order valence-corrected chi connectivity index (χ4v) is 3.33. The van der Waals surface area contributed by atoms with Crippen LogP contribution >= 0.6 is 22.9 Å². The molecule has 0 bridgehead atoms. The third-order valence-corrected chi connectivity index (χ3v) is 4.73. The molecular weight excluding hydrogens is 358 g/mol. The van der Waals surface area contributed by atoms with Crippen molar-refractivity contribution in [1.29, 1.82) is 0 Å². The first-order chi connectivity index (χ1) is 12.2. The molecule has 1 N–H and O–H groups in total. The van der Waals surface area contributed by atoms with Crippen molar-refractivity contribution < 1.29 is 9.32 Å². The first kappa shape index (κ1) is 17.6. The maximum atomic E-state index is 12.2. The second kappa shape index (κ2) is 8.27. The summed E-state index contributed by atoms with van der Waals surface area (Å²) in [5.74, 6) is 0.969. The zero-order chi connectivity index (χ0) is 17.6. The molecule has 1 amide bonds. The predicted octanol–water partition coefficient (Wildman–Crippen LogP) is 4.65. The molecule has 25 heavy (non-hydrogen) atoms. The van der Waals surface area contributed by atoms with Gasteiger partial charge in [0.25, 0.3) is 0 Å². The number of aryl methyl sites for hydroxylation is 1. The number of nitrogens with zero attached hydrogens (tertiary/aromatic N) is 2. The zero-order valence-corrected chi connectivity index (χ0v) is 15.3. The third-order valence-electron chi connectivity index (χ3n) is 3.81. The predicted molar refractivity (Wildman–Crippen MR) is 98.6 cm³/mol. The molecule has 0 saturated heterocycles. The Kier molecular flexibility index (Phi) is 5.83. The Morgan fingerprint density at radius 1 is 1.40 bits per heavy atom. The van der Waals surface area contributed by atoms with Gasteiger partial charge >= 0.3 is 0 Å². The van der Waals surface area contributed by atoms with Crippen molar-refractivity contribution in [2.45, 2.75) is 32.2 Å². The number of aromatic nitrogens is 2. The van der Waals surface area contributed by atoms with E-state index in [9.17, 15) is 4.79 Å². The lowest BCUT2D eigenvalue weighted by Crippen LogP contribution is -2.28. The van der Waals surface area contributed by atoms with E-state index >= 15 is 0 Å². The molecular formula is C18H18ClN3O2S. The number of nitrogens with one attached hydrogen (secondary N) is 1. The molecule has 3 aromatic rings. The van der Waals surface area contributed by atoms with Crippen molar-refractivity contribution in [2.24, 2.45) is 0 Å². The molecule has 0 aliphatic rings. The molecule has 0 aliphatic carbocycles. The summed E-state index contributed by atoms with van der Waals surface area (Å²) in [5, 5.41) is 11.6. The van der Waals surface area contributed by atoms with Crippen LogP contribution in [-0.2, 0) is 11.2 Å². The van der Waals surface area contributed by atoms with Crippen molar-refractivity contribution >= 4 is 28.8 Å². The maximum Gasteiger partial charge on any atom is 0.227 e. The summed E-state index contributed by atoms with van der Waals surface area (Å²) in [6.07, 6.45) is 1.49. The monoisotopic (exact) mass is 375 g/mol. The van der Waals surface area contributed by atoms with Gasteiger partial charge in [0, 0.05) is 28.8 Å². The molecule has 0 spiro atoms. The van der Waals surface area contributed by atoms with Crippen molar-refractivity contribution in [3.05, 3.63) is 57.6 Å². The Hall–Kier alpha value is -2.18. The van der Waals surface area contributed by atoms with Crippen molar-refractivity contribution in [2.75, 3.05) is 0 Å². The first-order valence-electron chi connectivity index (χ1n) is 8.05. The van der Waals surface area contributed by atoms with Gasteiger partial charge < -0.3 is 9.84 Å². The van der Waals surface area contributed by atoms with Crippen LogP contribution in [0.3, 0.4) is 0 Å². The molecule has 0 saturated carbocycles. The molecule has 130 valence electrons.